The maximum absolute atomic E-state index is 13.2. The number of fused-ring (bicyclic) bond motifs is 1. The highest BCUT2D eigenvalue weighted by Crippen LogP contribution is 2.31. The lowest BCUT2D eigenvalue weighted by molar-refractivity contribution is 0.0988. The molecule has 4 aromatic rings. The summed E-state index contributed by atoms with van der Waals surface area (Å²) in [6.45, 7) is 4.56. The molecule has 0 radical (unpaired) electrons. The third-order valence-electron chi connectivity index (χ3n) is 6.44. The first-order valence-corrected chi connectivity index (χ1v) is 13.1. The molecule has 42 heavy (non-hydrogen) atoms. The van der Waals surface area contributed by atoms with Crippen LogP contribution >= 0.6 is 0 Å². The molecule has 2 aromatic heterocycles. The van der Waals surface area contributed by atoms with E-state index in [0.29, 0.717) is 53.2 Å². The van der Waals surface area contributed by atoms with Crippen LogP contribution in [-0.4, -0.2) is 56.8 Å². The first-order valence-electron chi connectivity index (χ1n) is 13.1. The topological polar surface area (TPSA) is 198 Å². The lowest BCUT2D eigenvalue weighted by Gasteiger charge is -2.13. The van der Waals surface area contributed by atoms with Crippen LogP contribution < -0.4 is 26.8 Å². The number of imidazole rings is 1. The van der Waals surface area contributed by atoms with Crippen molar-refractivity contribution in [3.63, 3.8) is 0 Å². The Kier molecular flexibility index (Phi) is 9.05. The Labute approximate surface area is 241 Å². The van der Waals surface area contributed by atoms with E-state index in [2.05, 4.69) is 20.7 Å². The van der Waals surface area contributed by atoms with Crippen LogP contribution in [0.4, 0.5) is 10.7 Å². The van der Waals surface area contributed by atoms with E-state index >= 15 is 0 Å². The van der Waals surface area contributed by atoms with E-state index in [1.54, 1.807) is 46.5 Å². The van der Waals surface area contributed by atoms with Crippen LogP contribution in [0.5, 0.6) is 5.75 Å². The van der Waals surface area contributed by atoms with Gasteiger partial charge in [-0.3, -0.25) is 24.4 Å². The molecule has 0 spiro atoms. The van der Waals surface area contributed by atoms with Crippen molar-refractivity contribution in [2.75, 3.05) is 19.0 Å². The largest absolute Gasteiger partial charge is 0.494 e. The van der Waals surface area contributed by atoms with Gasteiger partial charge in [-0.15, -0.1) is 0 Å². The third-order valence-corrected chi connectivity index (χ3v) is 6.44. The molecule has 14 nitrogen and oxygen atoms in total. The molecule has 0 unspecified atom stereocenters. The van der Waals surface area contributed by atoms with Gasteiger partial charge in [0.1, 0.15) is 23.6 Å². The van der Waals surface area contributed by atoms with Gasteiger partial charge < -0.3 is 30.8 Å². The molecule has 0 fully saturated rings. The molecule has 6 N–H and O–H groups in total. The third kappa shape index (κ3) is 6.49. The zero-order chi connectivity index (χ0) is 30.4. The monoisotopic (exact) mass is 576 g/mol. The maximum atomic E-state index is 13.2. The van der Waals surface area contributed by atoms with Crippen LogP contribution in [-0.2, 0) is 24.4 Å². The normalized spacial score (nSPS) is 10.8. The van der Waals surface area contributed by atoms with Crippen molar-refractivity contribution in [2.24, 2.45) is 11.5 Å². The van der Waals surface area contributed by atoms with Gasteiger partial charge in [-0.1, -0.05) is 18.2 Å². The van der Waals surface area contributed by atoms with Crippen molar-refractivity contribution < 1.29 is 28.7 Å². The summed E-state index contributed by atoms with van der Waals surface area (Å²) in [6, 6.07) is 11.3. The second kappa shape index (κ2) is 12.8. The minimum atomic E-state index is -0.676. The number of methoxy groups -OCH3 is 1. The number of aryl methyl sites for hydroxylation is 3. The molecule has 2 heterocycles. The second-order valence-electron chi connectivity index (χ2n) is 9.32. The average molecular weight is 577 g/mol. The highest BCUT2D eigenvalue weighted by atomic mass is 16.5. The fraction of sp³-hybridized carbons (Fsp3) is 0.286. The zero-order valence-electron chi connectivity index (χ0n) is 23.5. The smallest absolute Gasteiger partial charge is 0.407 e. The zero-order valence-corrected chi connectivity index (χ0v) is 23.5. The summed E-state index contributed by atoms with van der Waals surface area (Å²) in [7, 11) is 1.45. The summed E-state index contributed by atoms with van der Waals surface area (Å²) in [6.07, 6.45) is -0.265. The molecular formula is C28H32N8O6. The molecule has 0 bridgehead atoms. The number of carbonyl (C=O) groups is 4. The number of carbonyl (C=O) groups excluding carboxylic acids is 4. The molecule has 4 amide bonds. The molecule has 0 atom stereocenters. The Balaban J connectivity index is 1.51. The Morgan fingerprint density at radius 1 is 1.05 bits per heavy atom. The van der Waals surface area contributed by atoms with Gasteiger partial charge in [0.15, 0.2) is 0 Å². The lowest BCUT2D eigenvalue weighted by atomic mass is 10.1. The van der Waals surface area contributed by atoms with Crippen molar-refractivity contribution in [1.29, 1.82) is 0 Å². The molecule has 220 valence electrons. The van der Waals surface area contributed by atoms with Gasteiger partial charge in [0.2, 0.25) is 17.8 Å². The van der Waals surface area contributed by atoms with Crippen molar-refractivity contribution in [2.45, 2.75) is 40.0 Å². The molecular weight excluding hydrogens is 544 g/mol. The van der Waals surface area contributed by atoms with Crippen LogP contribution in [0.25, 0.3) is 11.0 Å². The van der Waals surface area contributed by atoms with E-state index in [4.69, 9.17) is 20.9 Å². The number of alkyl carbamates (subject to hydrolysis) is 1. The van der Waals surface area contributed by atoms with Crippen molar-refractivity contribution in [3.8, 4) is 5.75 Å². The number of nitrogens with two attached hydrogens (primary N) is 2. The minimum Gasteiger partial charge on any atom is -0.494 e. The summed E-state index contributed by atoms with van der Waals surface area (Å²) in [5.41, 5.74) is 13.8. The number of primary amides is 2. The van der Waals surface area contributed by atoms with Gasteiger partial charge in [0, 0.05) is 36.3 Å². The molecule has 0 aliphatic carbocycles. The molecule has 2 aromatic carbocycles. The van der Waals surface area contributed by atoms with Crippen LogP contribution in [0.3, 0.4) is 0 Å². The van der Waals surface area contributed by atoms with E-state index < -0.39 is 23.8 Å². The van der Waals surface area contributed by atoms with Crippen LogP contribution in [0.2, 0.25) is 0 Å². The predicted octanol–water partition coefficient (Wildman–Crippen LogP) is 2.34. The maximum Gasteiger partial charge on any atom is 0.407 e. The molecule has 14 heteroatoms. The quantitative estimate of drug-likeness (QED) is 0.184. The summed E-state index contributed by atoms with van der Waals surface area (Å²) >= 11 is 0. The average Bonchev–Trinajstić information content (AvgIpc) is 3.52. The standard InChI is InChI=1S/C28H32N8O6/c1-4-36-21(12-16(2)34-36)26(39)33-27-32-20-13-18(24(29)37)14-22(41-3)23(20)35(27)11-7-10-31-28(40)42-15-17-8-5-6-9-19(17)25(30)38/h5-6,8-9,12-14H,4,7,10-11,15H2,1-3H3,(H2,29,37)(H2,30,38)(H,31,40)(H,32,33,39). The van der Waals surface area contributed by atoms with Gasteiger partial charge in [-0.2, -0.15) is 5.10 Å². The van der Waals surface area contributed by atoms with Crippen LogP contribution in [0, 0.1) is 6.92 Å². The summed E-state index contributed by atoms with van der Waals surface area (Å²) in [4.78, 5) is 53.5. The minimum absolute atomic E-state index is 0.125. The van der Waals surface area contributed by atoms with Crippen LogP contribution in [0.15, 0.2) is 42.5 Å². The Bertz CT molecular complexity index is 1660. The van der Waals surface area contributed by atoms with E-state index in [1.807, 2.05) is 6.92 Å². The number of aromatic nitrogens is 4. The number of ether oxygens (including phenoxy) is 2. The van der Waals surface area contributed by atoms with E-state index in [0.717, 1.165) is 0 Å². The van der Waals surface area contributed by atoms with Gasteiger partial charge in [-0.25, -0.2) is 9.78 Å². The van der Waals surface area contributed by atoms with E-state index in [1.165, 1.54) is 19.2 Å². The summed E-state index contributed by atoms with van der Waals surface area (Å²) in [5, 5.41) is 9.83. The molecule has 0 aliphatic rings. The highest BCUT2D eigenvalue weighted by Gasteiger charge is 2.21. The van der Waals surface area contributed by atoms with Crippen molar-refractivity contribution in [1.82, 2.24) is 24.6 Å². The Morgan fingerprint density at radius 2 is 1.81 bits per heavy atom. The van der Waals surface area contributed by atoms with E-state index in [-0.39, 0.29) is 30.2 Å². The number of nitrogens with zero attached hydrogens (tertiary/aromatic N) is 4. The number of anilines is 1. The van der Waals surface area contributed by atoms with Gasteiger partial charge in [-0.05, 0) is 44.5 Å². The SMILES string of the molecule is CCn1nc(C)cc1C(=O)Nc1nc2cc(C(N)=O)cc(OC)c2n1CCCNC(=O)OCc1ccccc1C(N)=O. The second-order valence-corrected chi connectivity index (χ2v) is 9.32. The van der Waals surface area contributed by atoms with Crippen molar-refractivity contribution >= 4 is 40.8 Å². The number of benzene rings is 2. The number of rotatable bonds is 12. The van der Waals surface area contributed by atoms with Crippen LogP contribution in [0.1, 0.15) is 55.8 Å². The van der Waals surface area contributed by atoms with Gasteiger partial charge in [0.25, 0.3) is 5.91 Å². The number of hydrogen-bond donors (Lipinski definition) is 4. The molecule has 0 saturated carbocycles. The van der Waals surface area contributed by atoms with Gasteiger partial charge >= 0.3 is 6.09 Å². The summed E-state index contributed by atoms with van der Waals surface area (Å²) in [5.74, 6) is -1.14. The van der Waals surface area contributed by atoms with Crippen molar-refractivity contribution in [3.05, 3.63) is 70.5 Å². The predicted molar refractivity (Wildman–Crippen MR) is 153 cm³/mol. The summed E-state index contributed by atoms with van der Waals surface area (Å²) < 4.78 is 14.1. The highest BCUT2D eigenvalue weighted by molar-refractivity contribution is 6.04. The number of amides is 4. The molecule has 0 saturated heterocycles. The first kappa shape index (κ1) is 29.6. The Hall–Kier alpha value is -5.40. The lowest BCUT2D eigenvalue weighted by Crippen LogP contribution is -2.26. The first-order chi connectivity index (χ1) is 20.1. The number of hydrogen-bond acceptors (Lipinski definition) is 8. The fourth-order valence-electron chi connectivity index (χ4n) is 4.48. The fourth-order valence-corrected chi connectivity index (χ4v) is 4.48. The van der Waals surface area contributed by atoms with E-state index in [9.17, 15) is 19.2 Å². The molecule has 0 aliphatic heterocycles. The Morgan fingerprint density at radius 3 is 2.50 bits per heavy atom. The number of nitrogens with one attached hydrogen (secondary N) is 2. The van der Waals surface area contributed by atoms with Gasteiger partial charge in [0.05, 0.1) is 18.3 Å². The molecule has 4 rings (SSSR count).